The summed E-state index contributed by atoms with van der Waals surface area (Å²) in [5.74, 6) is 0. The number of hydrogen-bond acceptors (Lipinski definition) is 3. The molecule has 0 amide bonds. The SMILES string of the molecule is CC1(C)CC1NCC(O)COCc1ccccc1. The maximum atomic E-state index is 9.79. The Morgan fingerprint density at radius 2 is 2.06 bits per heavy atom. The summed E-state index contributed by atoms with van der Waals surface area (Å²) in [6.45, 7) is 6.04. The minimum Gasteiger partial charge on any atom is -0.389 e. The molecule has 2 rings (SSSR count). The van der Waals surface area contributed by atoms with E-state index in [1.54, 1.807) is 0 Å². The van der Waals surface area contributed by atoms with Crippen LogP contribution < -0.4 is 5.32 Å². The van der Waals surface area contributed by atoms with E-state index < -0.39 is 6.10 Å². The molecule has 1 aliphatic carbocycles. The van der Waals surface area contributed by atoms with Gasteiger partial charge in [-0.05, 0) is 17.4 Å². The van der Waals surface area contributed by atoms with Crippen LogP contribution in [0.5, 0.6) is 0 Å². The number of aliphatic hydroxyl groups is 1. The molecule has 0 aromatic heterocycles. The molecule has 1 aromatic rings. The second kappa shape index (κ2) is 5.83. The van der Waals surface area contributed by atoms with E-state index in [9.17, 15) is 5.11 Å². The lowest BCUT2D eigenvalue weighted by Crippen LogP contribution is -2.33. The Hall–Kier alpha value is -0.900. The second-order valence-corrected chi connectivity index (χ2v) is 5.81. The zero-order chi connectivity index (χ0) is 13.0. The van der Waals surface area contributed by atoms with E-state index in [4.69, 9.17) is 4.74 Å². The molecule has 0 aliphatic heterocycles. The molecule has 0 spiro atoms. The van der Waals surface area contributed by atoms with Gasteiger partial charge >= 0.3 is 0 Å². The molecule has 0 bridgehead atoms. The van der Waals surface area contributed by atoms with E-state index in [1.807, 2.05) is 30.3 Å². The minimum absolute atomic E-state index is 0.384. The number of ether oxygens (including phenoxy) is 1. The smallest absolute Gasteiger partial charge is 0.0897 e. The molecule has 18 heavy (non-hydrogen) atoms. The fourth-order valence-electron chi connectivity index (χ4n) is 2.04. The van der Waals surface area contributed by atoms with Crippen LogP contribution in [0.2, 0.25) is 0 Å². The summed E-state index contributed by atoms with van der Waals surface area (Å²) >= 11 is 0. The van der Waals surface area contributed by atoms with Gasteiger partial charge < -0.3 is 15.2 Å². The van der Waals surface area contributed by atoms with Crippen LogP contribution in [0.1, 0.15) is 25.8 Å². The molecular weight excluding hydrogens is 226 g/mol. The van der Waals surface area contributed by atoms with E-state index in [2.05, 4.69) is 19.2 Å². The summed E-state index contributed by atoms with van der Waals surface area (Å²) in [7, 11) is 0. The normalized spacial score (nSPS) is 22.7. The van der Waals surface area contributed by atoms with Crippen LogP contribution in [-0.2, 0) is 11.3 Å². The molecule has 0 heterocycles. The third-order valence-electron chi connectivity index (χ3n) is 3.54. The summed E-state index contributed by atoms with van der Waals surface area (Å²) in [6.07, 6.45) is 0.773. The van der Waals surface area contributed by atoms with Gasteiger partial charge in [-0.3, -0.25) is 0 Å². The molecule has 0 radical (unpaired) electrons. The highest BCUT2D eigenvalue weighted by Crippen LogP contribution is 2.44. The van der Waals surface area contributed by atoms with Gasteiger partial charge in [0.1, 0.15) is 0 Å². The summed E-state index contributed by atoms with van der Waals surface area (Å²) in [4.78, 5) is 0. The van der Waals surface area contributed by atoms with Gasteiger partial charge in [0.2, 0.25) is 0 Å². The van der Waals surface area contributed by atoms with Crippen molar-refractivity contribution < 1.29 is 9.84 Å². The van der Waals surface area contributed by atoms with Crippen LogP contribution in [0.15, 0.2) is 30.3 Å². The van der Waals surface area contributed by atoms with Crippen LogP contribution in [-0.4, -0.2) is 30.4 Å². The Morgan fingerprint density at radius 3 is 2.67 bits per heavy atom. The Bertz CT molecular complexity index is 364. The Balaban J connectivity index is 1.56. The largest absolute Gasteiger partial charge is 0.389 e. The van der Waals surface area contributed by atoms with Crippen molar-refractivity contribution in [2.45, 2.75) is 39.0 Å². The van der Waals surface area contributed by atoms with Gasteiger partial charge in [-0.2, -0.15) is 0 Å². The maximum Gasteiger partial charge on any atom is 0.0897 e. The monoisotopic (exact) mass is 249 g/mol. The lowest BCUT2D eigenvalue weighted by Gasteiger charge is -2.13. The first-order chi connectivity index (χ1) is 8.58. The zero-order valence-electron chi connectivity index (χ0n) is 11.2. The summed E-state index contributed by atoms with van der Waals surface area (Å²) < 4.78 is 5.50. The molecule has 2 unspecified atom stereocenters. The molecule has 2 N–H and O–H groups in total. The highest BCUT2D eigenvalue weighted by atomic mass is 16.5. The molecule has 3 heteroatoms. The Morgan fingerprint density at radius 1 is 1.39 bits per heavy atom. The molecule has 1 fully saturated rings. The van der Waals surface area contributed by atoms with Gasteiger partial charge in [-0.1, -0.05) is 44.2 Å². The van der Waals surface area contributed by atoms with Crippen LogP contribution in [0.25, 0.3) is 0 Å². The number of aliphatic hydroxyl groups excluding tert-OH is 1. The highest BCUT2D eigenvalue weighted by Gasteiger charge is 2.45. The first-order valence-electron chi connectivity index (χ1n) is 6.61. The predicted molar refractivity (Wildman–Crippen MR) is 72.3 cm³/mol. The number of rotatable bonds is 7. The Kier molecular flexibility index (Phi) is 4.38. The van der Waals surface area contributed by atoms with Crippen LogP contribution in [0, 0.1) is 5.41 Å². The van der Waals surface area contributed by atoms with Crippen molar-refractivity contribution in [3.05, 3.63) is 35.9 Å². The number of benzene rings is 1. The third kappa shape index (κ3) is 4.09. The van der Waals surface area contributed by atoms with E-state index in [0.29, 0.717) is 31.2 Å². The lowest BCUT2D eigenvalue weighted by molar-refractivity contribution is 0.0284. The lowest BCUT2D eigenvalue weighted by atomic mass is 10.2. The summed E-state index contributed by atoms with van der Waals surface area (Å²) in [5.41, 5.74) is 1.55. The number of hydrogen-bond donors (Lipinski definition) is 2. The molecule has 0 saturated heterocycles. The van der Waals surface area contributed by atoms with Gasteiger partial charge in [0.25, 0.3) is 0 Å². The quantitative estimate of drug-likeness (QED) is 0.776. The van der Waals surface area contributed by atoms with Crippen LogP contribution >= 0.6 is 0 Å². The number of nitrogens with one attached hydrogen (secondary N) is 1. The summed E-state index contributed by atoms with van der Waals surface area (Å²) in [5, 5.41) is 13.2. The standard InChI is InChI=1S/C15H23NO2/c1-15(2)8-14(15)16-9-13(17)11-18-10-12-6-4-3-5-7-12/h3-7,13-14,16-17H,8-11H2,1-2H3. The van der Waals surface area contributed by atoms with E-state index in [0.717, 1.165) is 5.56 Å². The Labute approximate surface area is 109 Å². The van der Waals surface area contributed by atoms with Gasteiger partial charge in [-0.15, -0.1) is 0 Å². The van der Waals surface area contributed by atoms with Crippen molar-refractivity contribution in [3.63, 3.8) is 0 Å². The van der Waals surface area contributed by atoms with Gasteiger partial charge in [0.05, 0.1) is 19.3 Å². The highest BCUT2D eigenvalue weighted by molar-refractivity contribution is 5.13. The van der Waals surface area contributed by atoms with Crippen molar-refractivity contribution >= 4 is 0 Å². The minimum atomic E-state index is -0.426. The van der Waals surface area contributed by atoms with Gasteiger partial charge in [0.15, 0.2) is 0 Å². The molecule has 3 nitrogen and oxygen atoms in total. The molecular formula is C15H23NO2. The molecule has 1 aromatic carbocycles. The van der Waals surface area contributed by atoms with Crippen molar-refractivity contribution in [1.82, 2.24) is 5.32 Å². The first kappa shape index (κ1) is 13.5. The zero-order valence-corrected chi connectivity index (χ0v) is 11.2. The van der Waals surface area contributed by atoms with E-state index in [-0.39, 0.29) is 0 Å². The van der Waals surface area contributed by atoms with Crippen LogP contribution in [0.3, 0.4) is 0 Å². The average Bonchev–Trinajstić information content (AvgIpc) is 2.96. The van der Waals surface area contributed by atoms with Crippen molar-refractivity contribution in [3.8, 4) is 0 Å². The van der Waals surface area contributed by atoms with Gasteiger partial charge in [0, 0.05) is 12.6 Å². The van der Waals surface area contributed by atoms with Crippen molar-refractivity contribution in [2.24, 2.45) is 5.41 Å². The fourth-order valence-corrected chi connectivity index (χ4v) is 2.04. The van der Waals surface area contributed by atoms with Crippen LogP contribution in [0.4, 0.5) is 0 Å². The first-order valence-corrected chi connectivity index (χ1v) is 6.61. The molecule has 100 valence electrons. The van der Waals surface area contributed by atoms with Gasteiger partial charge in [-0.25, -0.2) is 0 Å². The van der Waals surface area contributed by atoms with E-state index >= 15 is 0 Å². The third-order valence-corrected chi connectivity index (χ3v) is 3.54. The topological polar surface area (TPSA) is 41.5 Å². The summed E-state index contributed by atoms with van der Waals surface area (Å²) in [6, 6.07) is 10.6. The molecule has 1 aliphatic rings. The molecule has 1 saturated carbocycles. The molecule has 2 atom stereocenters. The van der Waals surface area contributed by atoms with Crippen molar-refractivity contribution in [1.29, 1.82) is 0 Å². The van der Waals surface area contributed by atoms with Crippen molar-refractivity contribution in [2.75, 3.05) is 13.2 Å². The average molecular weight is 249 g/mol. The van der Waals surface area contributed by atoms with E-state index in [1.165, 1.54) is 6.42 Å². The maximum absolute atomic E-state index is 9.79. The fraction of sp³-hybridized carbons (Fsp3) is 0.600. The second-order valence-electron chi connectivity index (χ2n) is 5.81. The predicted octanol–water partition coefficient (Wildman–Crippen LogP) is 1.95.